The molecule has 8 saturated heterocycles. The minimum Gasteiger partial charge on any atom is -0.394 e. The number of aliphatic hydroxyl groups is 26. The summed E-state index contributed by atoms with van der Waals surface area (Å²) in [6.07, 6.45) is -72.1. The van der Waals surface area contributed by atoms with Crippen LogP contribution >= 0.6 is 0 Å². The Morgan fingerprint density at radius 1 is 0.225 bits per heavy atom. The van der Waals surface area contributed by atoms with E-state index in [9.17, 15) is 133 Å². The molecular formula is C48H82O41. The Balaban J connectivity index is 0.821. The topological polar surface area (TPSA) is 664 Å². The van der Waals surface area contributed by atoms with Crippen LogP contribution in [0.4, 0.5) is 0 Å². The van der Waals surface area contributed by atoms with Gasteiger partial charge in [-0.15, -0.1) is 0 Å². The molecular weight excluding hydrogens is 1230 g/mol. The van der Waals surface area contributed by atoms with Crippen molar-refractivity contribution in [3.05, 3.63) is 0 Å². The first-order valence-electron chi connectivity index (χ1n) is 28.1. The van der Waals surface area contributed by atoms with Crippen molar-refractivity contribution in [1.29, 1.82) is 0 Å². The van der Waals surface area contributed by atoms with Crippen molar-refractivity contribution in [2.24, 2.45) is 0 Å². The van der Waals surface area contributed by atoms with Gasteiger partial charge in [-0.1, -0.05) is 0 Å². The van der Waals surface area contributed by atoms with Crippen LogP contribution in [0.1, 0.15) is 0 Å². The first kappa shape index (κ1) is 73.2. The number of aliphatic hydroxyl groups excluding tert-OH is 26. The molecule has 41 nitrogen and oxygen atoms in total. The monoisotopic (exact) mass is 1310 g/mol. The molecule has 0 radical (unpaired) electrons. The van der Waals surface area contributed by atoms with Gasteiger partial charge in [-0.25, -0.2) is 0 Å². The fourth-order valence-corrected chi connectivity index (χ4v) is 10.9. The SMILES string of the molecule is OCC1OC(OCC2OC(OCC3OC(OCC4OC(OCC5OC(OCC6OC(OCC7OC(OC8(CO)OC(CO)C(O)C8O)C(O)C(O)C7O)C(O)C(O)C6O)C(O)C(O)C5O)C(O)C(O)C4O)C(O)C(O)C3O)C(O)C(O)C2O)C(O)C(O)C1O. The average molecular weight is 1320 g/mol. The maximum atomic E-state index is 10.9. The van der Waals surface area contributed by atoms with E-state index in [0.29, 0.717) is 0 Å². The van der Waals surface area contributed by atoms with Crippen molar-refractivity contribution >= 4 is 0 Å². The molecule has 0 saturated carbocycles. The van der Waals surface area contributed by atoms with Gasteiger partial charge >= 0.3 is 0 Å². The van der Waals surface area contributed by atoms with Crippen LogP contribution < -0.4 is 0 Å². The second-order valence-electron chi connectivity index (χ2n) is 22.6. The van der Waals surface area contributed by atoms with E-state index in [2.05, 4.69) is 0 Å². The molecule has 0 bridgehead atoms. The van der Waals surface area contributed by atoms with E-state index in [4.69, 9.17) is 71.1 Å². The van der Waals surface area contributed by atoms with Crippen LogP contribution in [0.5, 0.6) is 0 Å². The van der Waals surface area contributed by atoms with Crippen molar-refractivity contribution in [1.82, 2.24) is 0 Å². The quantitative estimate of drug-likeness (QED) is 0.0452. The highest BCUT2D eigenvalue weighted by Crippen LogP contribution is 2.38. The van der Waals surface area contributed by atoms with Crippen LogP contribution in [0.15, 0.2) is 0 Å². The third-order valence-corrected chi connectivity index (χ3v) is 16.6. The molecule has 8 heterocycles. The molecule has 0 spiro atoms. The zero-order valence-electron chi connectivity index (χ0n) is 46.6. The first-order chi connectivity index (χ1) is 42.0. The molecule has 41 heteroatoms. The van der Waals surface area contributed by atoms with Crippen LogP contribution in [0.2, 0.25) is 0 Å². The molecule has 8 aliphatic heterocycles. The van der Waals surface area contributed by atoms with Crippen LogP contribution in [0.25, 0.3) is 0 Å². The highest BCUT2D eigenvalue weighted by Gasteiger charge is 2.60. The van der Waals surface area contributed by atoms with Crippen LogP contribution in [0.3, 0.4) is 0 Å². The summed E-state index contributed by atoms with van der Waals surface area (Å²) in [5.41, 5.74) is 0. The Hall–Kier alpha value is -1.64. The first-order valence-corrected chi connectivity index (χ1v) is 28.1. The Morgan fingerprint density at radius 3 is 0.640 bits per heavy atom. The lowest BCUT2D eigenvalue weighted by molar-refractivity contribution is -0.388. The summed E-state index contributed by atoms with van der Waals surface area (Å²) in [5.74, 6) is -2.53. The number of hydrogen-bond acceptors (Lipinski definition) is 41. The molecule has 8 rings (SSSR count). The molecule has 0 aromatic carbocycles. The minimum absolute atomic E-state index is 0.727. The zero-order valence-corrected chi connectivity index (χ0v) is 46.6. The summed E-state index contributed by atoms with van der Waals surface area (Å²) < 4.78 is 82.7. The van der Waals surface area contributed by atoms with Gasteiger partial charge in [0.25, 0.3) is 0 Å². The van der Waals surface area contributed by atoms with Gasteiger partial charge in [0.05, 0.1) is 52.9 Å². The van der Waals surface area contributed by atoms with Gasteiger partial charge < -0.3 is 204 Å². The molecule has 8 fully saturated rings. The fraction of sp³-hybridized carbons (Fsp3) is 1.00. The van der Waals surface area contributed by atoms with Crippen LogP contribution in [-0.2, 0) is 71.1 Å². The molecule has 39 atom stereocenters. The number of hydrogen-bond donors (Lipinski definition) is 26. The smallest absolute Gasteiger partial charge is 0.224 e. The van der Waals surface area contributed by atoms with E-state index in [1.54, 1.807) is 0 Å². The summed E-state index contributed by atoms with van der Waals surface area (Å²) >= 11 is 0. The van der Waals surface area contributed by atoms with Crippen molar-refractivity contribution in [2.45, 2.75) is 239 Å². The van der Waals surface area contributed by atoms with Crippen LogP contribution in [0, 0.1) is 0 Å². The van der Waals surface area contributed by atoms with Gasteiger partial charge in [0.2, 0.25) is 5.79 Å². The predicted octanol–water partition coefficient (Wildman–Crippen LogP) is -18.5. The lowest BCUT2D eigenvalue weighted by Gasteiger charge is -2.45. The Kier molecular flexibility index (Phi) is 25.5. The molecule has 39 unspecified atom stereocenters. The zero-order chi connectivity index (χ0) is 65.4. The summed E-state index contributed by atoms with van der Waals surface area (Å²) in [6, 6.07) is 0. The standard InChI is InChI=1S/C48H82O41/c49-1-10-18(52)26(60)33(67)41(81-10)75-3-12-19(53)27(61)34(68)42(82-12)76-4-13-20(54)28(62)35(69)43(83-13)77-5-14-21(55)29(63)36(70)44(84-14)78-6-15-22(56)30(64)37(71)45(85-15)79-7-16-23(57)31(65)38(72)46(86-16)80-8-17-24(58)32(66)39(73)47(87-17)89-48(9-51)40(74)25(59)11(2-50)88-48/h10-47,49-74H,1-9H2. The van der Waals surface area contributed by atoms with Crippen molar-refractivity contribution in [3.8, 4) is 0 Å². The Bertz CT molecular complexity index is 2150. The maximum Gasteiger partial charge on any atom is 0.224 e. The summed E-state index contributed by atoms with van der Waals surface area (Å²) in [5, 5.41) is 274. The maximum absolute atomic E-state index is 10.9. The highest BCUT2D eigenvalue weighted by molar-refractivity contribution is 5.00. The third-order valence-electron chi connectivity index (χ3n) is 16.6. The second kappa shape index (κ2) is 31.0. The molecule has 8 aliphatic rings. The van der Waals surface area contributed by atoms with E-state index in [-0.39, 0.29) is 0 Å². The normalized spacial score (nSPS) is 53.5. The number of ether oxygens (including phenoxy) is 15. The molecule has 0 aromatic rings. The fourth-order valence-electron chi connectivity index (χ4n) is 10.9. The highest BCUT2D eigenvalue weighted by atomic mass is 16.8. The van der Waals surface area contributed by atoms with Gasteiger partial charge in [-0.05, 0) is 0 Å². The Labute approximate surface area is 501 Å². The number of rotatable bonds is 23. The minimum atomic E-state index is -2.53. The van der Waals surface area contributed by atoms with Crippen molar-refractivity contribution in [3.63, 3.8) is 0 Å². The lowest BCUT2D eigenvalue weighted by Crippen LogP contribution is -2.64. The molecule has 0 aliphatic carbocycles. The van der Waals surface area contributed by atoms with Gasteiger partial charge in [0.15, 0.2) is 44.0 Å². The molecule has 520 valence electrons. The summed E-state index contributed by atoms with van der Waals surface area (Å²) in [6.45, 7) is -7.88. The molecule has 26 N–H and O–H groups in total. The van der Waals surface area contributed by atoms with E-state index >= 15 is 0 Å². The summed E-state index contributed by atoms with van der Waals surface area (Å²) in [4.78, 5) is 0. The molecule has 0 amide bonds. The third kappa shape index (κ3) is 15.5. The van der Waals surface area contributed by atoms with Crippen molar-refractivity contribution in [2.75, 3.05) is 59.5 Å². The Morgan fingerprint density at radius 2 is 0.427 bits per heavy atom. The summed E-state index contributed by atoms with van der Waals surface area (Å²) in [7, 11) is 0. The predicted molar refractivity (Wildman–Crippen MR) is 264 cm³/mol. The van der Waals surface area contributed by atoms with E-state index in [1.807, 2.05) is 0 Å². The van der Waals surface area contributed by atoms with Crippen LogP contribution in [-0.4, -0.2) is 431 Å². The molecule has 89 heavy (non-hydrogen) atoms. The van der Waals surface area contributed by atoms with Gasteiger partial charge in [0.1, 0.15) is 196 Å². The van der Waals surface area contributed by atoms with E-state index in [0.717, 1.165) is 0 Å². The van der Waals surface area contributed by atoms with Gasteiger partial charge in [0, 0.05) is 0 Å². The largest absolute Gasteiger partial charge is 0.394 e. The van der Waals surface area contributed by atoms with Crippen molar-refractivity contribution < 1.29 is 204 Å². The van der Waals surface area contributed by atoms with Gasteiger partial charge in [-0.3, -0.25) is 0 Å². The molecule has 0 aromatic heterocycles. The second-order valence-corrected chi connectivity index (χ2v) is 22.6. The van der Waals surface area contributed by atoms with Gasteiger partial charge in [-0.2, -0.15) is 0 Å². The average Bonchev–Trinajstić information content (AvgIpc) is 3.42. The lowest BCUT2D eigenvalue weighted by atomic mass is 9.97. The van der Waals surface area contributed by atoms with E-state index < -0.39 is 299 Å². The van der Waals surface area contributed by atoms with E-state index in [1.165, 1.54) is 0 Å².